The Bertz CT molecular complexity index is 1290. The minimum Gasteiger partial charge on any atom is -0.463 e. The van der Waals surface area contributed by atoms with Crippen LogP contribution in [-0.4, -0.2) is 77.1 Å². The van der Waals surface area contributed by atoms with Crippen molar-refractivity contribution < 1.29 is 57.2 Å². The second-order valence-corrected chi connectivity index (χ2v) is 10.8. The molecule has 1 aromatic rings. The number of nitrogens with zero attached hydrogens (tertiary/aromatic N) is 1. The average Bonchev–Trinajstić information content (AvgIpc) is 3.20. The normalized spacial score (nSPS) is 21.8. The van der Waals surface area contributed by atoms with Crippen molar-refractivity contribution in [3.8, 4) is 0 Å². The number of nitrogens with one attached hydrogen (secondary N) is 1. The minimum absolute atomic E-state index is 0.141. The van der Waals surface area contributed by atoms with Crippen molar-refractivity contribution in [3.05, 3.63) is 27.5 Å². The van der Waals surface area contributed by atoms with Crippen LogP contribution in [0, 0.1) is 6.92 Å². The molecule has 0 spiro atoms. The molecule has 2 aliphatic heterocycles. The lowest BCUT2D eigenvalue weighted by atomic mass is 10.1. The fourth-order valence-electron chi connectivity index (χ4n) is 3.86. The monoisotopic (exact) mass is 615 g/mol. The van der Waals surface area contributed by atoms with Crippen LogP contribution in [0.25, 0.3) is 0 Å². The molecule has 0 aliphatic carbocycles. The first-order chi connectivity index (χ1) is 19.2. The Morgan fingerprint density at radius 3 is 2.20 bits per heavy atom. The van der Waals surface area contributed by atoms with Gasteiger partial charge in [0, 0.05) is 27.7 Å². The van der Waals surface area contributed by atoms with Crippen LogP contribution in [0.1, 0.15) is 60.2 Å². The summed E-state index contributed by atoms with van der Waals surface area (Å²) >= 11 is 1.84. The highest BCUT2D eigenvalue weighted by Crippen LogP contribution is 2.43. The molecule has 1 aromatic heterocycles. The molecule has 0 saturated heterocycles. The van der Waals surface area contributed by atoms with Crippen molar-refractivity contribution in [2.24, 2.45) is 5.84 Å². The highest BCUT2D eigenvalue weighted by Gasteiger charge is 2.48. The largest absolute Gasteiger partial charge is 0.463 e. The predicted molar refractivity (Wildman–Crippen MR) is 142 cm³/mol. The lowest BCUT2D eigenvalue weighted by molar-refractivity contribution is -0.168. The van der Waals surface area contributed by atoms with E-state index >= 15 is 0 Å². The first kappa shape index (κ1) is 31.9. The van der Waals surface area contributed by atoms with Crippen LogP contribution in [0.3, 0.4) is 0 Å². The van der Waals surface area contributed by atoms with Crippen LogP contribution < -0.4 is 11.2 Å². The van der Waals surface area contributed by atoms with Gasteiger partial charge < -0.3 is 33.7 Å². The highest BCUT2D eigenvalue weighted by atomic mass is 32.2. The number of hydrogen-bond donors (Lipinski definition) is 2. The van der Waals surface area contributed by atoms with Crippen molar-refractivity contribution in [2.45, 2.75) is 64.7 Å². The molecule has 3 heterocycles. The van der Waals surface area contributed by atoms with Crippen molar-refractivity contribution in [2.75, 3.05) is 18.5 Å². The predicted octanol–water partition coefficient (Wildman–Crippen LogP) is 1.55. The van der Waals surface area contributed by atoms with E-state index in [1.807, 2.05) is 0 Å². The van der Waals surface area contributed by atoms with Gasteiger partial charge in [0.1, 0.15) is 16.5 Å². The molecule has 2 aliphatic rings. The van der Waals surface area contributed by atoms with E-state index in [0.29, 0.717) is 10.6 Å². The van der Waals surface area contributed by atoms with E-state index in [1.54, 1.807) is 13.8 Å². The summed E-state index contributed by atoms with van der Waals surface area (Å²) in [7, 11) is 0. The smallest absolute Gasteiger partial charge is 0.348 e. The van der Waals surface area contributed by atoms with Crippen LogP contribution in [0.4, 0.5) is 5.00 Å². The number of fused-ring (bicyclic) bond motifs is 1. The summed E-state index contributed by atoms with van der Waals surface area (Å²) in [5, 5.41) is 4.25. The first-order valence-electron chi connectivity index (χ1n) is 12.1. The van der Waals surface area contributed by atoms with Gasteiger partial charge in [-0.2, -0.15) is 0 Å². The van der Waals surface area contributed by atoms with E-state index in [2.05, 4.69) is 5.32 Å². The molecule has 0 bridgehead atoms. The van der Waals surface area contributed by atoms with Gasteiger partial charge in [0.05, 0.1) is 12.2 Å². The van der Waals surface area contributed by atoms with Crippen LogP contribution >= 0.6 is 23.1 Å². The number of thioether (sulfide) groups is 1. The van der Waals surface area contributed by atoms with Crippen LogP contribution in [0.5, 0.6) is 0 Å². The van der Waals surface area contributed by atoms with Gasteiger partial charge in [-0.05, 0) is 19.4 Å². The first-order valence-corrected chi connectivity index (χ1v) is 13.9. The van der Waals surface area contributed by atoms with Crippen molar-refractivity contribution in [3.63, 3.8) is 0 Å². The molecule has 15 nitrogen and oxygen atoms in total. The molecule has 1 unspecified atom stereocenters. The molecule has 4 atom stereocenters. The molecule has 0 fully saturated rings. The number of anilines is 1. The average molecular weight is 616 g/mol. The minimum atomic E-state index is -1.48. The molecule has 17 heteroatoms. The van der Waals surface area contributed by atoms with Crippen LogP contribution in [0.15, 0.2) is 11.5 Å². The van der Waals surface area contributed by atoms with Crippen molar-refractivity contribution in [1.29, 1.82) is 0 Å². The van der Waals surface area contributed by atoms with Crippen molar-refractivity contribution in [1.82, 2.24) is 5.01 Å². The Kier molecular flexibility index (Phi) is 10.4. The van der Waals surface area contributed by atoms with E-state index in [-0.39, 0.29) is 28.6 Å². The summed E-state index contributed by atoms with van der Waals surface area (Å²) in [6.45, 7) is 7.32. The molecule has 1 amide bonds. The fraction of sp³-hybridized carbons (Fsp3) is 0.500. The quantitative estimate of drug-likeness (QED) is 0.175. The summed E-state index contributed by atoms with van der Waals surface area (Å²) in [5.41, 5.74) is -1.74. The third-order valence-corrected chi connectivity index (χ3v) is 7.84. The number of ether oxygens (including phenoxy) is 6. The number of carbonyl (C=O) groups excluding carboxylic acids is 6. The van der Waals surface area contributed by atoms with Gasteiger partial charge in [-0.15, -0.1) is 11.3 Å². The van der Waals surface area contributed by atoms with Gasteiger partial charge in [0.15, 0.2) is 34.7 Å². The third kappa shape index (κ3) is 7.35. The molecule has 41 heavy (non-hydrogen) atoms. The molecule has 0 saturated carbocycles. The second kappa shape index (κ2) is 13.3. The van der Waals surface area contributed by atoms with Crippen LogP contribution in [-0.2, 0) is 47.6 Å². The van der Waals surface area contributed by atoms with Crippen LogP contribution in [0.2, 0.25) is 0 Å². The van der Waals surface area contributed by atoms with Gasteiger partial charge in [0.2, 0.25) is 0 Å². The van der Waals surface area contributed by atoms with E-state index in [4.69, 9.17) is 34.3 Å². The van der Waals surface area contributed by atoms with E-state index in [0.717, 1.165) is 55.8 Å². The molecule has 224 valence electrons. The standard InChI is InChI=1S/C24H29N3O12S2/c1-7-34-22(33)19-9(2)15-20(40-19)26-24(27(25)21(15)32)41-23-18(38-13(6)31)17(37-12(5)30)16(36-11(4)29)14(39-23)8-35-10(3)28/h14,18,23-24,26H,7-8,25H2,1-6H3/t14-,18-,23+,24?/m1/s1. The Hall–Kier alpha value is -3.67. The highest BCUT2D eigenvalue weighted by molar-refractivity contribution is 8.00. The zero-order chi connectivity index (χ0) is 30.6. The number of thiophene rings is 1. The summed E-state index contributed by atoms with van der Waals surface area (Å²) in [5.74, 6) is 1.08. The summed E-state index contributed by atoms with van der Waals surface area (Å²) in [6, 6.07) is 0. The number of hydrazine groups is 1. The van der Waals surface area contributed by atoms with E-state index in [9.17, 15) is 28.8 Å². The molecule has 3 rings (SSSR count). The Morgan fingerprint density at radius 2 is 1.63 bits per heavy atom. The number of hydrogen-bond acceptors (Lipinski definition) is 16. The van der Waals surface area contributed by atoms with Gasteiger partial charge >= 0.3 is 29.8 Å². The number of nitrogens with two attached hydrogens (primary N) is 1. The molecule has 3 N–H and O–H groups in total. The summed E-state index contributed by atoms with van der Waals surface area (Å²) < 4.78 is 32.1. The number of amides is 1. The zero-order valence-electron chi connectivity index (χ0n) is 23.0. The Labute approximate surface area is 242 Å². The third-order valence-electron chi connectivity index (χ3n) is 5.40. The van der Waals surface area contributed by atoms with Crippen molar-refractivity contribution >= 4 is 63.9 Å². The number of carbonyl (C=O) groups is 6. The van der Waals surface area contributed by atoms with Gasteiger partial charge in [-0.25, -0.2) is 15.6 Å². The lowest BCUT2D eigenvalue weighted by Gasteiger charge is -2.40. The van der Waals surface area contributed by atoms with E-state index < -0.39 is 65.5 Å². The lowest BCUT2D eigenvalue weighted by Crippen LogP contribution is -2.54. The maximum atomic E-state index is 13.2. The maximum absolute atomic E-state index is 13.2. The Balaban J connectivity index is 2.03. The molecular weight excluding hydrogens is 586 g/mol. The second-order valence-electron chi connectivity index (χ2n) is 8.57. The van der Waals surface area contributed by atoms with E-state index in [1.165, 1.54) is 0 Å². The summed E-state index contributed by atoms with van der Waals surface area (Å²) in [4.78, 5) is 73.4. The van der Waals surface area contributed by atoms with Gasteiger partial charge in [0.25, 0.3) is 5.91 Å². The summed E-state index contributed by atoms with van der Waals surface area (Å²) in [6.07, 6.45) is -2.77. The Morgan fingerprint density at radius 1 is 1.00 bits per heavy atom. The van der Waals surface area contributed by atoms with Gasteiger partial charge in [-0.3, -0.25) is 24.0 Å². The molecule has 0 radical (unpaired) electrons. The van der Waals surface area contributed by atoms with Gasteiger partial charge in [-0.1, -0.05) is 11.8 Å². The topological polar surface area (TPSA) is 199 Å². The SMILES string of the molecule is CCOC(=O)c1sc2c(c1C)C(=O)N(N)C(S[C@@H]1O[C@H](COC(C)=O)C(OC(C)=O)=C(OC(C)=O)[C@H]1OC(C)=O)N2. The molecule has 0 aromatic carbocycles. The number of esters is 5. The molecular formula is C24H29N3O12S2. The fourth-order valence-corrected chi connectivity index (χ4v) is 6.24. The maximum Gasteiger partial charge on any atom is 0.348 e. The zero-order valence-corrected chi connectivity index (χ0v) is 24.6. The number of rotatable bonds is 9.